The number of halogens is 1. The van der Waals surface area contributed by atoms with Crippen LogP contribution < -0.4 is 4.74 Å². The van der Waals surface area contributed by atoms with Crippen LogP contribution in [0.15, 0.2) is 51.8 Å². The van der Waals surface area contributed by atoms with E-state index in [2.05, 4.69) is 28.1 Å². The van der Waals surface area contributed by atoms with Gasteiger partial charge < -0.3 is 4.74 Å². The third-order valence-corrected chi connectivity index (χ3v) is 4.17. The van der Waals surface area contributed by atoms with Crippen molar-refractivity contribution in [3.63, 3.8) is 0 Å². The van der Waals surface area contributed by atoms with Crippen molar-refractivity contribution in [3.05, 3.63) is 58.1 Å². The fraction of sp³-hybridized carbons (Fsp3) is 0.188. The summed E-state index contributed by atoms with van der Waals surface area (Å²) in [6, 6.07) is 13.9. The molecule has 0 spiro atoms. The second-order valence-electron chi connectivity index (χ2n) is 4.27. The summed E-state index contributed by atoms with van der Waals surface area (Å²) in [5.41, 5.74) is 1.55. The molecule has 0 bridgehead atoms. The molecule has 0 unspecified atom stereocenters. The molecule has 0 saturated carbocycles. The van der Waals surface area contributed by atoms with Gasteiger partial charge in [0, 0.05) is 15.1 Å². The summed E-state index contributed by atoms with van der Waals surface area (Å²) in [6.07, 6.45) is 0.831. The van der Waals surface area contributed by atoms with E-state index < -0.39 is 0 Å². The number of thioether (sulfide) groups is 1. The number of aryl methyl sites for hydroxylation is 1. The third-order valence-electron chi connectivity index (χ3n) is 2.74. The number of carbonyl (C=O) groups excluding carboxylic acids is 1. The van der Waals surface area contributed by atoms with Crippen molar-refractivity contribution in [1.29, 1.82) is 0 Å². The first-order valence-electron chi connectivity index (χ1n) is 6.26. The molecule has 0 N–H and O–H groups in total. The fourth-order valence-corrected chi connectivity index (χ4v) is 3.20. The average Bonchev–Trinajstić information content (AvgIpc) is 2.45. The Morgan fingerprint density at radius 2 is 2.00 bits per heavy atom. The second-order valence-corrected chi connectivity index (χ2v) is 6.35. The maximum atomic E-state index is 11.1. The number of hydrogen-bond acceptors (Lipinski definition) is 3. The van der Waals surface area contributed by atoms with Gasteiger partial charge >= 0.3 is 0 Å². The third kappa shape index (κ3) is 4.12. The van der Waals surface area contributed by atoms with Crippen molar-refractivity contribution in [2.24, 2.45) is 0 Å². The van der Waals surface area contributed by atoms with Gasteiger partial charge in [0.05, 0.1) is 12.2 Å². The minimum absolute atomic E-state index is 0.572. The number of ether oxygens (including phenoxy) is 1. The van der Waals surface area contributed by atoms with Crippen molar-refractivity contribution in [1.82, 2.24) is 0 Å². The molecule has 4 heteroatoms. The normalized spacial score (nSPS) is 10.3. The summed E-state index contributed by atoms with van der Waals surface area (Å²) in [7, 11) is 0. The standard InChI is InChI=1S/C16H15BrO2S/c1-12-9-14(17)10-13(11-18)16(12)19-7-8-20-15-5-3-2-4-6-15/h2-6,9-11H,7-8H2,1H3. The van der Waals surface area contributed by atoms with Crippen molar-refractivity contribution in [3.8, 4) is 5.75 Å². The maximum absolute atomic E-state index is 11.1. The lowest BCUT2D eigenvalue weighted by atomic mass is 10.1. The Morgan fingerprint density at radius 1 is 1.25 bits per heavy atom. The summed E-state index contributed by atoms with van der Waals surface area (Å²) in [5.74, 6) is 1.52. The second kappa shape index (κ2) is 7.50. The fourth-order valence-electron chi connectivity index (χ4n) is 1.86. The summed E-state index contributed by atoms with van der Waals surface area (Å²) in [4.78, 5) is 12.3. The first-order valence-corrected chi connectivity index (χ1v) is 8.04. The molecule has 2 nitrogen and oxygen atoms in total. The molecule has 20 heavy (non-hydrogen) atoms. The Balaban J connectivity index is 1.93. The molecule has 0 saturated heterocycles. The van der Waals surface area contributed by atoms with Crippen molar-refractivity contribution in [2.45, 2.75) is 11.8 Å². The zero-order valence-electron chi connectivity index (χ0n) is 11.1. The van der Waals surface area contributed by atoms with Crippen LogP contribution in [0.25, 0.3) is 0 Å². The van der Waals surface area contributed by atoms with E-state index in [1.54, 1.807) is 17.8 Å². The number of carbonyl (C=O) groups is 1. The van der Waals surface area contributed by atoms with E-state index in [1.165, 1.54) is 4.90 Å². The van der Waals surface area contributed by atoms with Gasteiger partial charge in [-0.15, -0.1) is 11.8 Å². The topological polar surface area (TPSA) is 26.3 Å². The van der Waals surface area contributed by atoms with Gasteiger partial charge in [-0.2, -0.15) is 0 Å². The highest BCUT2D eigenvalue weighted by Gasteiger charge is 2.08. The Hall–Kier alpha value is -1.26. The van der Waals surface area contributed by atoms with E-state index in [0.29, 0.717) is 17.9 Å². The van der Waals surface area contributed by atoms with Crippen LogP contribution in [-0.4, -0.2) is 18.6 Å². The zero-order valence-corrected chi connectivity index (χ0v) is 13.5. The Morgan fingerprint density at radius 3 is 2.70 bits per heavy atom. The molecule has 0 aliphatic rings. The van der Waals surface area contributed by atoms with Crippen LogP contribution in [0.3, 0.4) is 0 Å². The van der Waals surface area contributed by atoms with Gasteiger partial charge in [0.15, 0.2) is 6.29 Å². The molecule has 2 aromatic carbocycles. The summed E-state index contributed by atoms with van der Waals surface area (Å²) in [6.45, 7) is 2.51. The summed E-state index contributed by atoms with van der Waals surface area (Å²) < 4.78 is 6.65. The molecule has 0 aromatic heterocycles. The van der Waals surface area contributed by atoms with Crippen molar-refractivity contribution < 1.29 is 9.53 Å². The van der Waals surface area contributed by atoms with Crippen LogP contribution in [0.1, 0.15) is 15.9 Å². The van der Waals surface area contributed by atoms with E-state index in [9.17, 15) is 4.79 Å². The number of aldehydes is 1. The molecule has 0 fully saturated rings. The van der Waals surface area contributed by atoms with Crippen LogP contribution in [-0.2, 0) is 0 Å². The molecule has 0 amide bonds. The van der Waals surface area contributed by atoms with Gasteiger partial charge in [0.2, 0.25) is 0 Å². The minimum atomic E-state index is 0.572. The van der Waals surface area contributed by atoms with E-state index in [-0.39, 0.29) is 0 Å². The van der Waals surface area contributed by atoms with Crippen LogP contribution in [0.4, 0.5) is 0 Å². The molecule has 0 aliphatic carbocycles. The average molecular weight is 351 g/mol. The predicted molar refractivity (Wildman–Crippen MR) is 86.9 cm³/mol. The predicted octanol–water partition coefficient (Wildman–Crippen LogP) is 4.74. The monoisotopic (exact) mass is 350 g/mol. The Bertz CT molecular complexity index is 585. The summed E-state index contributed by atoms with van der Waals surface area (Å²) in [5, 5.41) is 0. The van der Waals surface area contributed by atoms with Crippen molar-refractivity contribution in [2.75, 3.05) is 12.4 Å². The van der Waals surface area contributed by atoms with Gasteiger partial charge in [0.1, 0.15) is 5.75 Å². The van der Waals surface area contributed by atoms with E-state index in [0.717, 1.165) is 22.1 Å². The first kappa shape index (κ1) is 15.1. The van der Waals surface area contributed by atoms with E-state index in [4.69, 9.17) is 4.74 Å². The number of rotatable bonds is 6. The molecule has 2 aromatic rings. The molecule has 104 valence electrons. The van der Waals surface area contributed by atoms with Gasteiger partial charge in [-0.25, -0.2) is 0 Å². The van der Waals surface area contributed by atoms with Crippen molar-refractivity contribution >= 4 is 34.0 Å². The highest BCUT2D eigenvalue weighted by Crippen LogP contribution is 2.27. The van der Waals surface area contributed by atoms with Crippen LogP contribution >= 0.6 is 27.7 Å². The summed E-state index contributed by atoms with van der Waals surface area (Å²) >= 11 is 5.12. The first-order chi connectivity index (χ1) is 9.70. The zero-order chi connectivity index (χ0) is 14.4. The molecule has 0 aliphatic heterocycles. The molecular weight excluding hydrogens is 336 g/mol. The van der Waals surface area contributed by atoms with Gasteiger partial charge in [-0.05, 0) is 36.8 Å². The maximum Gasteiger partial charge on any atom is 0.153 e. The quantitative estimate of drug-likeness (QED) is 0.427. The van der Waals surface area contributed by atoms with Gasteiger partial charge in [-0.3, -0.25) is 4.79 Å². The van der Waals surface area contributed by atoms with Crippen LogP contribution in [0.5, 0.6) is 5.75 Å². The molecule has 2 rings (SSSR count). The lowest BCUT2D eigenvalue weighted by molar-refractivity contribution is 0.111. The largest absolute Gasteiger partial charge is 0.492 e. The highest BCUT2D eigenvalue weighted by atomic mass is 79.9. The highest BCUT2D eigenvalue weighted by molar-refractivity contribution is 9.10. The van der Waals surface area contributed by atoms with Gasteiger partial charge in [-0.1, -0.05) is 34.1 Å². The molecular formula is C16H15BrO2S. The lowest BCUT2D eigenvalue weighted by Gasteiger charge is -2.12. The lowest BCUT2D eigenvalue weighted by Crippen LogP contribution is -2.04. The Kier molecular flexibility index (Phi) is 5.68. The van der Waals surface area contributed by atoms with Gasteiger partial charge in [0.25, 0.3) is 0 Å². The molecule has 0 atom stereocenters. The van der Waals surface area contributed by atoms with E-state index in [1.807, 2.05) is 31.2 Å². The number of benzene rings is 2. The number of hydrogen-bond donors (Lipinski definition) is 0. The van der Waals surface area contributed by atoms with Crippen LogP contribution in [0, 0.1) is 6.92 Å². The Labute approximate surface area is 131 Å². The van der Waals surface area contributed by atoms with E-state index >= 15 is 0 Å². The van der Waals surface area contributed by atoms with Crippen LogP contribution in [0.2, 0.25) is 0 Å². The SMILES string of the molecule is Cc1cc(Br)cc(C=O)c1OCCSc1ccccc1. The minimum Gasteiger partial charge on any atom is -0.492 e. The smallest absolute Gasteiger partial charge is 0.153 e. The molecule has 0 radical (unpaired) electrons. The molecule has 0 heterocycles.